The van der Waals surface area contributed by atoms with Gasteiger partial charge >= 0.3 is 5.97 Å². The average molecular weight is 187 g/mol. The number of hydrogen-bond acceptors (Lipinski definition) is 4. The molecule has 0 fully saturated rings. The van der Waals surface area contributed by atoms with E-state index in [-0.39, 0.29) is 12.0 Å². The Morgan fingerprint density at radius 1 is 1.75 bits per heavy atom. The summed E-state index contributed by atoms with van der Waals surface area (Å²) in [6, 6.07) is -0.245. The van der Waals surface area contributed by atoms with Crippen LogP contribution >= 0.6 is 11.8 Å². The van der Waals surface area contributed by atoms with E-state index in [4.69, 9.17) is 4.74 Å². The van der Waals surface area contributed by atoms with Crippen molar-refractivity contribution in [2.75, 3.05) is 12.4 Å². The smallest absolute Gasteiger partial charge is 0.331 e. The summed E-state index contributed by atoms with van der Waals surface area (Å²) < 4.78 is 4.86. The maximum absolute atomic E-state index is 11.2. The first-order valence-electron chi connectivity index (χ1n) is 4.14. The van der Waals surface area contributed by atoms with Gasteiger partial charge in [0.15, 0.2) is 6.04 Å². The first kappa shape index (κ1) is 9.58. The quantitative estimate of drug-likeness (QED) is 0.628. The van der Waals surface area contributed by atoms with Gasteiger partial charge in [0.2, 0.25) is 0 Å². The molecule has 68 valence electrons. The first-order valence-corrected chi connectivity index (χ1v) is 5.12. The Labute approximate surface area is 76.6 Å². The van der Waals surface area contributed by atoms with Crippen LogP contribution in [0.25, 0.3) is 0 Å². The van der Waals surface area contributed by atoms with E-state index < -0.39 is 0 Å². The number of esters is 1. The fraction of sp³-hybridized carbons (Fsp3) is 0.750. The van der Waals surface area contributed by atoms with E-state index in [1.54, 1.807) is 11.8 Å². The zero-order chi connectivity index (χ0) is 8.97. The van der Waals surface area contributed by atoms with Crippen molar-refractivity contribution in [1.82, 2.24) is 0 Å². The SMILES string of the molecule is CCOC(=O)[C@@H]1CSC(CC)=N1. The molecule has 12 heavy (non-hydrogen) atoms. The highest BCUT2D eigenvalue weighted by Crippen LogP contribution is 2.20. The summed E-state index contributed by atoms with van der Waals surface area (Å²) >= 11 is 1.65. The summed E-state index contributed by atoms with van der Waals surface area (Å²) in [7, 11) is 0. The van der Waals surface area contributed by atoms with Crippen molar-refractivity contribution in [1.29, 1.82) is 0 Å². The van der Waals surface area contributed by atoms with Gasteiger partial charge in [-0.15, -0.1) is 11.8 Å². The van der Waals surface area contributed by atoms with Crippen molar-refractivity contribution in [3.8, 4) is 0 Å². The predicted octanol–water partition coefficient (Wildman–Crippen LogP) is 1.47. The molecule has 3 nitrogen and oxygen atoms in total. The van der Waals surface area contributed by atoms with Gasteiger partial charge in [-0.3, -0.25) is 4.99 Å². The molecule has 1 aliphatic heterocycles. The van der Waals surface area contributed by atoms with Crippen molar-refractivity contribution in [2.24, 2.45) is 4.99 Å². The standard InChI is InChI=1S/C8H13NO2S/c1-3-7-9-6(5-12-7)8(10)11-4-2/h6H,3-5H2,1-2H3/t6-/m0/s1. The molecule has 0 aromatic carbocycles. The summed E-state index contributed by atoms with van der Waals surface area (Å²) in [5.74, 6) is 0.565. The molecule has 4 heteroatoms. The van der Waals surface area contributed by atoms with Gasteiger partial charge in [0.05, 0.1) is 11.7 Å². The molecule has 0 saturated heterocycles. The highest BCUT2D eigenvalue weighted by Gasteiger charge is 2.24. The van der Waals surface area contributed by atoms with Crippen LogP contribution < -0.4 is 0 Å². The highest BCUT2D eigenvalue weighted by molar-refractivity contribution is 8.14. The lowest BCUT2D eigenvalue weighted by molar-refractivity contribution is -0.143. The van der Waals surface area contributed by atoms with Gasteiger partial charge in [-0.2, -0.15) is 0 Å². The molecule has 0 radical (unpaired) electrons. The van der Waals surface area contributed by atoms with Crippen LogP contribution in [-0.2, 0) is 9.53 Å². The van der Waals surface area contributed by atoms with E-state index in [1.165, 1.54) is 0 Å². The van der Waals surface area contributed by atoms with E-state index in [0.717, 1.165) is 17.2 Å². The molecular weight excluding hydrogens is 174 g/mol. The molecule has 1 rings (SSSR count). The van der Waals surface area contributed by atoms with Crippen molar-refractivity contribution >= 4 is 22.8 Å². The number of carbonyl (C=O) groups excluding carboxylic acids is 1. The van der Waals surface area contributed by atoms with Crippen molar-refractivity contribution in [3.05, 3.63) is 0 Å². The van der Waals surface area contributed by atoms with E-state index in [0.29, 0.717) is 6.61 Å². The predicted molar refractivity (Wildman–Crippen MR) is 50.6 cm³/mol. The average Bonchev–Trinajstić information content (AvgIpc) is 2.52. The largest absolute Gasteiger partial charge is 0.464 e. The lowest BCUT2D eigenvalue weighted by Gasteiger charge is -2.03. The third-order valence-electron chi connectivity index (χ3n) is 1.57. The monoisotopic (exact) mass is 187 g/mol. The molecular formula is C8H13NO2S. The van der Waals surface area contributed by atoms with E-state index in [2.05, 4.69) is 4.99 Å². The molecule has 0 N–H and O–H groups in total. The molecule has 1 atom stereocenters. The number of hydrogen-bond donors (Lipinski definition) is 0. The van der Waals surface area contributed by atoms with Crippen LogP contribution in [0.15, 0.2) is 4.99 Å². The normalized spacial score (nSPS) is 22.2. The molecule has 0 saturated carbocycles. The molecule has 0 spiro atoms. The number of nitrogens with zero attached hydrogens (tertiary/aromatic N) is 1. The van der Waals surface area contributed by atoms with E-state index in [1.807, 2.05) is 13.8 Å². The topological polar surface area (TPSA) is 38.7 Å². The molecule has 0 amide bonds. The number of ether oxygens (including phenoxy) is 1. The van der Waals surface area contributed by atoms with Crippen LogP contribution in [0.5, 0.6) is 0 Å². The van der Waals surface area contributed by atoms with Crippen LogP contribution in [0.4, 0.5) is 0 Å². The minimum atomic E-state index is -0.245. The Morgan fingerprint density at radius 2 is 2.50 bits per heavy atom. The van der Waals surface area contributed by atoms with Crippen LogP contribution in [0, 0.1) is 0 Å². The zero-order valence-electron chi connectivity index (χ0n) is 7.37. The third-order valence-corrected chi connectivity index (χ3v) is 2.78. The Hall–Kier alpha value is -0.510. The first-order chi connectivity index (χ1) is 5.77. The second-order valence-electron chi connectivity index (χ2n) is 2.46. The molecule has 1 heterocycles. The zero-order valence-corrected chi connectivity index (χ0v) is 8.19. The lowest BCUT2D eigenvalue weighted by atomic mass is 10.3. The van der Waals surface area contributed by atoms with Gasteiger partial charge in [0, 0.05) is 5.75 Å². The van der Waals surface area contributed by atoms with Gasteiger partial charge < -0.3 is 4.74 Å². The molecule has 0 bridgehead atoms. The number of rotatable bonds is 3. The fourth-order valence-corrected chi connectivity index (χ4v) is 1.94. The van der Waals surface area contributed by atoms with Gasteiger partial charge in [-0.25, -0.2) is 4.79 Å². The van der Waals surface area contributed by atoms with Gasteiger partial charge in [-0.1, -0.05) is 6.92 Å². The summed E-state index contributed by atoms with van der Waals surface area (Å²) in [5, 5.41) is 1.06. The maximum Gasteiger partial charge on any atom is 0.331 e. The summed E-state index contributed by atoms with van der Waals surface area (Å²) in [6.07, 6.45) is 0.917. The molecule has 1 aliphatic rings. The second-order valence-corrected chi connectivity index (χ2v) is 3.55. The Balaban J connectivity index is 2.45. The van der Waals surface area contributed by atoms with Crippen LogP contribution in [0.2, 0.25) is 0 Å². The minimum Gasteiger partial charge on any atom is -0.464 e. The number of carbonyl (C=O) groups is 1. The Kier molecular flexibility index (Phi) is 3.59. The molecule has 0 aliphatic carbocycles. The molecule has 0 unspecified atom stereocenters. The Morgan fingerprint density at radius 3 is 3.00 bits per heavy atom. The van der Waals surface area contributed by atoms with Crippen molar-refractivity contribution < 1.29 is 9.53 Å². The van der Waals surface area contributed by atoms with Crippen LogP contribution in [-0.4, -0.2) is 29.4 Å². The summed E-state index contributed by atoms with van der Waals surface area (Å²) in [6.45, 7) is 4.29. The van der Waals surface area contributed by atoms with Gasteiger partial charge in [0.1, 0.15) is 0 Å². The number of thioether (sulfide) groups is 1. The van der Waals surface area contributed by atoms with Crippen LogP contribution in [0.1, 0.15) is 20.3 Å². The highest BCUT2D eigenvalue weighted by atomic mass is 32.2. The van der Waals surface area contributed by atoms with Crippen molar-refractivity contribution in [2.45, 2.75) is 26.3 Å². The lowest BCUT2D eigenvalue weighted by Crippen LogP contribution is -2.21. The maximum atomic E-state index is 11.2. The molecule has 0 aromatic rings. The third kappa shape index (κ3) is 2.24. The van der Waals surface area contributed by atoms with E-state index in [9.17, 15) is 4.79 Å². The van der Waals surface area contributed by atoms with Gasteiger partial charge in [-0.05, 0) is 13.3 Å². The van der Waals surface area contributed by atoms with Crippen molar-refractivity contribution in [3.63, 3.8) is 0 Å². The summed E-state index contributed by atoms with van der Waals surface area (Å²) in [4.78, 5) is 15.4. The number of aliphatic imine (C=N–C) groups is 1. The molecule has 0 aromatic heterocycles. The van der Waals surface area contributed by atoms with Crippen LogP contribution in [0.3, 0.4) is 0 Å². The minimum absolute atomic E-state index is 0.187. The van der Waals surface area contributed by atoms with E-state index >= 15 is 0 Å². The second kappa shape index (κ2) is 4.50. The van der Waals surface area contributed by atoms with Gasteiger partial charge in [0.25, 0.3) is 0 Å². The summed E-state index contributed by atoms with van der Waals surface area (Å²) in [5.41, 5.74) is 0. The fourth-order valence-electron chi connectivity index (χ4n) is 0.976. The Bertz CT molecular complexity index is 203.